The van der Waals surface area contributed by atoms with Gasteiger partial charge in [-0.25, -0.2) is 14.5 Å². The Balaban J connectivity index is 1.66. The number of nitrogens with zero attached hydrogens (tertiary/aromatic N) is 6. The average Bonchev–Trinajstić information content (AvgIpc) is 3.13. The van der Waals surface area contributed by atoms with Gasteiger partial charge in [0.05, 0.1) is 5.69 Å². The molecule has 9 nitrogen and oxygen atoms in total. The predicted octanol–water partition coefficient (Wildman–Crippen LogP) is 1.70. The van der Waals surface area contributed by atoms with Crippen molar-refractivity contribution in [2.75, 3.05) is 5.01 Å². The van der Waals surface area contributed by atoms with Gasteiger partial charge in [-0.3, -0.25) is 4.79 Å². The highest BCUT2D eigenvalue weighted by atomic mass is 16.5. The molecule has 0 aliphatic carbocycles. The van der Waals surface area contributed by atoms with Crippen molar-refractivity contribution in [2.24, 2.45) is 5.10 Å². The number of rotatable bonds is 7. The van der Waals surface area contributed by atoms with Gasteiger partial charge in [0.2, 0.25) is 5.91 Å². The van der Waals surface area contributed by atoms with Crippen LogP contribution in [0.25, 0.3) is 0 Å². The second-order valence-corrected chi connectivity index (χ2v) is 5.84. The number of hydrazone groups is 1. The van der Waals surface area contributed by atoms with Gasteiger partial charge in [-0.2, -0.15) is 5.10 Å². The van der Waals surface area contributed by atoms with E-state index in [1.165, 1.54) is 5.01 Å². The first kappa shape index (κ1) is 17.7. The Kier molecular flexibility index (Phi) is 5.67. The molecule has 1 aliphatic heterocycles. The molecule has 1 aliphatic rings. The molecule has 0 spiro atoms. The van der Waals surface area contributed by atoms with Gasteiger partial charge in [-0.05, 0) is 29.0 Å². The third-order valence-corrected chi connectivity index (χ3v) is 3.93. The number of carbonyl (C=O) groups is 2. The Morgan fingerprint density at radius 3 is 2.81 bits per heavy atom. The number of anilines is 1. The Bertz CT molecular complexity index is 802. The van der Waals surface area contributed by atoms with Crippen molar-refractivity contribution in [1.82, 2.24) is 20.2 Å². The summed E-state index contributed by atoms with van der Waals surface area (Å²) in [5.41, 5.74) is 0.826. The van der Waals surface area contributed by atoms with Crippen LogP contribution in [0.5, 0.6) is 0 Å². The van der Waals surface area contributed by atoms with Crippen LogP contribution in [0.2, 0.25) is 0 Å². The largest absolute Gasteiger partial charge is 0.453 e. The predicted molar refractivity (Wildman–Crippen MR) is 93.1 cm³/mol. The fourth-order valence-electron chi connectivity index (χ4n) is 2.49. The quantitative estimate of drug-likeness (QED) is 0.700. The average molecular weight is 356 g/mol. The molecule has 3 rings (SSSR count). The molecular formula is C17H20N6O3. The van der Waals surface area contributed by atoms with Gasteiger partial charge in [0, 0.05) is 19.4 Å². The van der Waals surface area contributed by atoms with Crippen LogP contribution in [0.1, 0.15) is 38.4 Å². The number of para-hydroxylation sites is 1. The molecule has 0 unspecified atom stereocenters. The van der Waals surface area contributed by atoms with E-state index < -0.39 is 5.97 Å². The molecule has 0 bridgehead atoms. The van der Waals surface area contributed by atoms with E-state index in [4.69, 9.17) is 4.74 Å². The van der Waals surface area contributed by atoms with E-state index in [-0.39, 0.29) is 31.1 Å². The molecule has 26 heavy (non-hydrogen) atoms. The number of carbonyl (C=O) groups excluding carboxylic acids is 2. The summed E-state index contributed by atoms with van der Waals surface area (Å²) in [6.07, 6.45) is 2.41. The molecule has 2 heterocycles. The highest BCUT2D eigenvalue weighted by Crippen LogP contribution is 2.20. The van der Waals surface area contributed by atoms with E-state index in [0.29, 0.717) is 18.1 Å². The lowest BCUT2D eigenvalue weighted by Crippen LogP contribution is -2.35. The summed E-state index contributed by atoms with van der Waals surface area (Å²) in [5.74, 6) is -0.237. The second kappa shape index (κ2) is 8.32. The smallest absolute Gasteiger partial charge is 0.354 e. The summed E-state index contributed by atoms with van der Waals surface area (Å²) >= 11 is 0. The number of hydrogen-bond donors (Lipinski definition) is 0. The zero-order chi connectivity index (χ0) is 18.4. The maximum atomic E-state index is 12.3. The fraction of sp³-hybridized carbons (Fsp3) is 0.412. The van der Waals surface area contributed by atoms with Crippen molar-refractivity contribution in [3.63, 3.8) is 0 Å². The normalized spacial score (nSPS) is 14.3. The van der Waals surface area contributed by atoms with Crippen molar-refractivity contribution in [2.45, 2.75) is 45.8 Å². The van der Waals surface area contributed by atoms with Crippen LogP contribution in [0.3, 0.4) is 0 Å². The number of aryl methyl sites for hydroxylation is 1. The van der Waals surface area contributed by atoms with Gasteiger partial charge in [0.25, 0.3) is 0 Å². The first-order valence-electron chi connectivity index (χ1n) is 8.56. The third-order valence-electron chi connectivity index (χ3n) is 3.93. The van der Waals surface area contributed by atoms with Crippen LogP contribution in [-0.4, -0.2) is 37.8 Å². The molecule has 1 amide bonds. The van der Waals surface area contributed by atoms with Gasteiger partial charge < -0.3 is 4.74 Å². The summed E-state index contributed by atoms with van der Waals surface area (Å²) in [6.45, 7) is 2.71. The van der Waals surface area contributed by atoms with Crippen LogP contribution in [-0.2, 0) is 27.5 Å². The molecule has 0 N–H and O–H groups in total. The monoisotopic (exact) mass is 356 g/mol. The van der Waals surface area contributed by atoms with Crippen LogP contribution in [0.15, 0.2) is 35.4 Å². The Morgan fingerprint density at radius 1 is 1.23 bits per heavy atom. The fourth-order valence-corrected chi connectivity index (χ4v) is 2.49. The summed E-state index contributed by atoms with van der Waals surface area (Å²) < 4.78 is 6.92. The lowest BCUT2D eigenvalue weighted by Gasteiger charge is -2.22. The Labute approximate surface area is 150 Å². The number of esters is 1. The van der Waals surface area contributed by atoms with Crippen LogP contribution >= 0.6 is 0 Å². The van der Waals surface area contributed by atoms with Gasteiger partial charge in [0.1, 0.15) is 5.71 Å². The molecule has 1 aromatic heterocycles. The number of aromatic nitrogens is 4. The van der Waals surface area contributed by atoms with Crippen molar-refractivity contribution in [1.29, 1.82) is 0 Å². The van der Waals surface area contributed by atoms with Crippen molar-refractivity contribution >= 4 is 23.3 Å². The molecule has 0 radical (unpaired) electrons. The summed E-state index contributed by atoms with van der Waals surface area (Å²) in [6, 6.07) is 8.98. The minimum absolute atomic E-state index is 0.0339. The van der Waals surface area contributed by atoms with E-state index >= 15 is 0 Å². The summed E-state index contributed by atoms with van der Waals surface area (Å²) in [7, 11) is 0. The third kappa shape index (κ3) is 4.11. The standard InChI is InChI=1S/C17H20N6O3/c1-2-3-11-22-15(18-20-21-22)12-26-17(25)14-9-10-16(24)23(19-14)13-7-5-4-6-8-13/h4-8H,2-3,9-12H2,1H3. The molecule has 136 valence electrons. The Morgan fingerprint density at radius 2 is 2.04 bits per heavy atom. The lowest BCUT2D eigenvalue weighted by atomic mass is 10.1. The minimum atomic E-state index is -0.566. The van der Waals surface area contributed by atoms with Crippen molar-refractivity contribution in [3.8, 4) is 0 Å². The van der Waals surface area contributed by atoms with E-state index in [1.807, 2.05) is 6.07 Å². The summed E-state index contributed by atoms with van der Waals surface area (Å²) in [5, 5.41) is 16.8. The highest BCUT2D eigenvalue weighted by molar-refractivity contribution is 6.37. The lowest BCUT2D eigenvalue weighted by molar-refractivity contribution is -0.137. The molecular weight excluding hydrogens is 336 g/mol. The van der Waals surface area contributed by atoms with Crippen molar-refractivity contribution in [3.05, 3.63) is 36.2 Å². The van der Waals surface area contributed by atoms with Crippen molar-refractivity contribution < 1.29 is 14.3 Å². The van der Waals surface area contributed by atoms with E-state index in [0.717, 1.165) is 12.8 Å². The van der Waals surface area contributed by atoms with Gasteiger partial charge in [-0.15, -0.1) is 5.10 Å². The maximum absolute atomic E-state index is 12.3. The number of amides is 1. The molecule has 0 fully saturated rings. The second-order valence-electron chi connectivity index (χ2n) is 5.84. The number of unbranched alkanes of at least 4 members (excludes halogenated alkanes) is 1. The minimum Gasteiger partial charge on any atom is -0.453 e. The number of ether oxygens (including phenoxy) is 1. The zero-order valence-corrected chi connectivity index (χ0v) is 14.5. The topological polar surface area (TPSA) is 103 Å². The molecule has 0 saturated heterocycles. The van der Waals surface area contributed by atoms with Gasteiger partial charge >= 0.3 is 5.97 Å². The first-order chi connectivity index (χ1) is 12.7. The summed E-state index contributed by atoms with van der Waals surface area (Å²) in [4.78, 5) is 24.4. The molecule has 0 atom stereocenters. The maximum Gasteiger partial charge on any atom is 0.354 e. The molecule has 2 aromatic rings. The Hall–Kier alpha value is -3.10. The number of hydrogen-bond acceptors (Lipinski definition) is 7. The van der Waals surface area contributed by atoms with E-state index in [9.17, 15) is 9.59 Å². The van der Waals surface area contributed by atoms with Crippen LogP contribution in [0, 0.1) is 0 Å². The van der Waals surface area contributed by atoms with Gasteiger partial charge in [-0.1, -0.05) is 31.5 Å². The zero-order valence-electron chi connectivity index (χ0n) is 14.5. The molecule has 9 heteroatoms. The number of tetrazole rings is 1. The number of benzene rings is 1. The SMILES string of the molecule is CCCCn1nnnc1COC(=O)C1=NN(c2ccccc2)C(=O)CC1. The first-order valence-corrected chi connectivity index (χ1v) is 8.56. The van der Waals surface area contributed by atoms with Crippen LogP contribution < -0.4 is 5.01 Å². The molecule has 0 saturated carbocycles. The van der Waals surface area contributed by atoms with E-state index in [1.54, 1.807) is 28.9 Å². The highest BCUT2D eigenvalue weighted by Gasteiger charge is 2.26. The van der Waals surface area contributed by atoms with Crippen LogP contribution in [0.4, 0.5) is 5.69 Å². The van der Waals surface area contributed by atoms with Gasteiger partial charge in [0.15, 0.2) is 12.4 Å². The molecule has 1 aromatic carbocycles. The van der Waals surface area contributed by atoms with E-state index in [2.05, 4.69) is 27.6 Å².